The van der Waals surface area contributed by atoms with E-state index in [-0.39, 0.29) is 23.6 Å². The Morgan fingerprint density at radius 1 is 1.09 bits per heavy atom. The van der Waals surface area contributed by atoms with Crippen LogP contribution in [0, 0.1) is 5.92 Å². The first kappa shape index (κ1) is 24.5. The van der Waals surface area contributed by atoms with Crippen molar-refractivity contribution in [3.63, 3.8) is 0 Å². The summed E-state index contributed by atoms with van der Waals surface area (Å²) in [4.78, 5) is 37.9. The molecule has 2 aliphatic heterocycles. The van der Waals surface area contributed by atoms with Crippen molar-refractivity contribution in [2.45, 2.75) is 44.9 Å². The molecule has 3 rings (SSSR count). The van der Waals surface area contributed by atoms with Crippen LogP contribution in [0.5, 0.6) is 0 Å². The molecule has 9 nitrogen and oxygen atoms in total. The first-order chi connectivity index (χ1) is 15.6. The standard InChI is InChI=1S/C23H28N2O7S/c1-5-6-9-17-19(22(27)31-4)14(2)24-15(3)20(17)23(28)32-13-12-25-21(26)16-10-7-8-11-18(16)33(25,29)30/h7-8,10-11,17,24H,5-6,9,12-13H2,1-4H3. The molecular weight excluding hydrogens is 448 g/mol. The Morgan fingerprint density at radius 3 is 2.33 bits per heavy atom. The molecule has 0 saturated heterocycles. The van der Waals surface area contributed by atoms with Gasteiger partial charge in [0.15, 0.2) is 0 Å². The number of ether oxygens (including phenoxy) is 2. The molecule has 2 heterocycles. The van der Waals surface area contributed by atoms with Gasteiger partial charge in [-0.1, -0.05) is 31.9 Å². The number of hydrogen-bond acceptors (Lipinski definition) is 8. The highest BCUT2D eigenvalue weighted by molar-refractivity contribution is 7.90. The first-order valence-corrected chi connectivity index (χ1v) is 12.2. The SMILES string of the molecule is CCCCC1C(C(=O)OC)=C(C)NC(C)=C1C(=O)OCCN1C(=O)c2ccccc2S1(=O)=O. The van der Waals surface area contributed by atoms with Crippen molar-refractivity contribution in [3.8, 4) is 0 Å². The predicted molar refractivity (Wildman–Crippen MR) is 119 cm³/mol. The van der Waals surface area contributed by atoms with Crippen LogP contribution in [0.3, 0.4) is 0 Å². The molecular formula is C23H28N2O7S. The second-order valence-corrected chi connectivity index (χ2v) is 9.73. The highest BCUT2D eigenvalue weighted by atomic mass is 32.2. The molecule has 0 bridgehead atoms. The lowest BCUT2D eigenvalue weighted by Gasteiger charge is -2.30. The van der Waals surface area contributed by atoms with Crippen molar-refractivity contribution in [2.75, 3.05) is 20.3 Å². The Morgan fingerprint density at radius 2 is 1.73 bits per heavy atom. The molecule has 1 unspecified atom stereocenters. The maximum absolute atomic E-state index is 13.0. The number of carbonyl (C=O) groups is 3. The average molecular weight is 477 g/mol. The van der Waals surface area contributed by atoms with E-state index in [0.29, 0.717) is 33.3 Å². The van der Waals surface area contributed by atoms with E-state index in [1.165, 1.54) is 19.2 Å². The Bertz CT molecular complexity index is 1150. The molecule has 0 radical (unpaired) electrons. The Labute approximate surface area is 193 Å². The van der Waals surface area contributed by atoms with Crippen LogP contribution in [0.2, 0.25) is 0 Å². The zero-order valence-electron chi connectivity index (χ0n) is 19.1. The molecule has 1 atom stereocenters. The number of benzene rings is 1. The zero-order chi connectivity index (χ0) is 24.3. The van der Waals surface area contributed by atoms with Crippen LogP contribution in [0.15, 0.2) is 51.7 Å². The lowest BCUT2D eigenvalue weighted by Crippen LogP contribution is -2.36. The summed E-state index contributed by atoms with van der Waals surface area (Å²) in [6.45, 7) is 4.86. The van der Waals surface area contributed by atoms with Crippen LogP contribution in [-0.4, -0.2) is 50.8 Å². The third kappa shape index (κ3) is 4.52. The summed E-state index contributed by atoms with van der Waals surface area (Å²) in [6, 6.07) is 5.96. The minimum Gasteiger partial charge on any atom is -0.466 e. The Balaban J connectivity index is 1.76. The third-order valence-corrected chi connectivity index (χ3v) is 7.63. The number of hydrogen-bond donors (Lipinski definition) is 1. The topological polar surface area (TPSA) is 119 Å². The van der Waals surface area contributed by atoms with Gasteiger partial charge in [0.25, 0.3) is 15.9 Å². The Kier molecular flexibility index (Phi) is 7.26. The summed E-state index contributed by atoms with van der Waals surface area (Å²) in [5, 5.41) is 3.04. The molecule has 1 amide bonds. The van der Waals surface area contributed by atoms with E-state index in [9.17, 15) is 22.8 Å². The number of nitrogens with zero attached hydrogens (tertiary/aromatic N) is 1. The van der Waals surface area contributed by atoms with E-state index >= 15 is 0 Å². The zero-order valence-corrected chi connectivity index (χ0v) is 20.0. The molecule has 1 N–H and O–H groups in total. The van der Waals surface area contributed by atoms with Crippen LogP contribution in [-0.2, 0) is 29.1 Å². The lowest BCUT2D eigenvalue weighted by molar-refractivity contribution is -0.140. The maximum Gasteiger partial charge on any atom is 0.336 e. The quantitative estimate of drug-likeness (QED) is 0.569. The highest BCUT2D eigenvalue weighted by Gasteiger charge is 2.41. The molecule has 178 valence electrons. The van der Waals surface area contributed by atoms with Crippen molar-refractivity contribution >= 4 is 27.9 Å². The molecule has 10 heteroatoms. The van der Waals surface area contributed by atoms with Crippen molar-refractivity contribution in [3.05, 3.63) is 52.4 Å². The van der Waals surface area contributed by atoms with Gasteiger partial charge in [0.1, 0.15) is 11.5 Å². The third-order valence-electron chi connectivity index (χ3n) is 5.79. The summed E-state index contributed by atoms with van der Waals surface area (Å²) >= 11 is 0. The minimum absolute atomic E-state index is 0.0562. The number of esters is 2. The van der Waals surface area contributed by atoms with Crippen LogP contribution >= 0.6 is 0 Å². The van der Waals surface area contributed by atoms with Gasteiger partial charge >= 0.3 is 11.9 Å². The van der Waals surface area contributed by atoms with E-state index in [0.717, 1.165) is 12.8 Å². The van der Waals surface area contributed by atoms with Crippen molar-refractivity contribution in [1.82, 2.24) is 9.62 Å². The number of amides is 1. The lowest BCUT2D eigenvalue weighted by atomic mass is 9.82. The highest BCUT2D eigenvalue weighted by Crippen LogP contribution is 2.35. The largest absolute Gasteiger partial charge is 0.466 e. The van der Waals surface area contributed by atoms with Gasteiger partial charge in [-0.2, -0.15) is 0 Å². The molecule has 1 aromatic rings. The normalized spacial score (nSPS) is 19.3. The molecule has 0 aromatic heterocycles. The van der Waals surface area contributed by atoms with E-state index in [1.807, 2.05) is 6.92 Å². The van der Waals surface area contributed by atoms with E-state index < -0.39 is 33.8 Å². The fourth-order valence-corrected chi connectivity index (χ4v) is 5.78. The molecule has 0 spiro atoms. The van der Waals surface area contributed by atoms with E-state index in [1.54, 1.807) is 26.0 Å². The van der Waals surface area contributed by atoms with Gasteiger partial charge in [-0.15, -0.1) is 0 Å². The summed E-state index contributed by atoms with van der Waals surface area (Å²) in [7, 11) is -2.70. The van der Waals surface area contributed by atoms with Crippen LogP contribution in [0.4, 0.5) is 0 Å². The number of fused-ring (bicyclic) bond motifs is 1. The number of rotatable bonds is 8. The smallest absolute Gasteiger partial charge is 0.336 e. The van der Waals surface area contributed by atoms with E-state index in [2.05, 4.69) is 5.32 Å². The summed E-state index contributed by atoms with van der Waals surface area (Å²) in [5.74, 6) is -2.35. The van der Waals surface area contributed by atoms with Crippen LogP contribution in [0.25, 0.3) is 0 Å². The predicted octanol–water partition coefficient (Wildman–Crippen LogP) is 2.50. The fourth-order valence-electron chi connectivity index (χ4n) is 4.23. The molecule has 1 aromatic carbocycles. The van der Waals surface area contributed by atoms with Crippen molar-refractivity contribution < 1.29 is 32.3 Å². The second-order valence-electron chi connectivity index (χ2n) is 7.90. The second kappa shape index (κ2) is 9.78. The van der Waals surface area contributed by atoms with Gasteiger partial charge in [0.2, 0.25) is 0 Å². The van der Waals surface area contributed by atoms with Gasteiger partial charge < -0.3 is 14.8 Å². The van der Waals surface area contributed by atoms with Gasteiger partial charge in [0.05, 0.1) is 30.4 Å². The van der Waals surface area contributed by atoms with Gasteiger partial charge in [-0.3, -0.25) is 4.79 Å². The van der Waals surface area contributed by atoms with Gasteiger partial charge in [-0.05, 0) is 32.4 Å². The number of allylic oxidation sites excluding steroid dienone is 2. The van der Waals surface area contributed by atoms with Gasteiger partial charge in [0, 0.05) is 17.3 Å². The van der Waals surface area contributed by atoms with Gasteiger partial charge in [-0.25, -0.2) is 22.3 Å². The number of carbonyl (C=O) groups excluding carboxylic acids is 3. The summed E-state index contributed by atoms with van der Waals surface area (Å²) in [5.41, 5.74) is 1.94. The maximum atomic E-state index is 13.0. The molecule has 0 saturated carbocycles. The number of sulfonamides is 1. The Hall–Kier alpha value is -3.14. The first-order valence-electron chi connectivity index (χ1n) is 10.7. The number of methoxy groups -OCH3 is 1. The van der Waals surface area contributed by atoms with Crippen LogP contribution in [0.1, 0.15) is 50.4 Å². The number of dihydropyridines is 1. The molecule has 0 fully saturated rings. The number of unbranched alkanes of at least 4 members (excludes halogenated alkanes) is 1. The molecule has 33 heavy (non-hydrogen) atoms. The van der Waals surface area contributed by atoms with Crippen LogP contribution < -0.4 is 5.32 Å². The average Bonchev–Trinajstić information content (AvgIpc) is 2.97. The van der Waals surface area contributed by atoms with E-state index in [4.69, 9.17) is 9.47 Å². The summed E-state index contributed by atoms with van der Waals surface area (Å²) in [6.07, 6.45) is 2.20. The van der Waals surface area contributed by atoms with Crippen molar-refractivity contribution in [1.29, 1.82) is 0 Å². The fraction of sp³-hybridized carbons (Fsp3) is 0.435. The molecule has 0 aliphatic carbocycles. The van der Waals surface area contributed by atoms with Crippen molar-refractivity contribution in [2.24, 2.45) is 5.92 Å². The monoisotopic (exact) mass is 476 g/mol. The molecule has 2 aliphatic rings. The minimum atomic E-state index is -3.98. The summed E-state index contributed by atoms with van der Waals surface area (Å²) < 4.78 is 36.4. The number of nitrogens with one attached hydrogen (secondary N) is 1.